The lowest BCUT2D eigenvalue weighted by Crippen LogP contribution is -1.83. The average Bonchev–Trinajstić information content (AvgIpc) is 2.58. The van der Waals surface area contributed by atoms with Crippen LogP contribution in [-0.4, -0.2) is 6.66 Å². The van der Waals surface area contributed by atoms with E-state index in [2.05, 4.69) is 94.2 Å². The van der Waals surface area contributed by atoms with Gasteiger partial charge in [0, 0.05) is 0 Å². The molecule has 0 aliphatic heterocycles. The molecule has 0 aliphatic carbocycles. The van der Waals surface area contributed by atoms with E-state index >= 15 is 0 Å². The smallest absolute Gasteiger partial charge is 0.0105 e. The Labute approximate surface area is 123 Å². The molecule has 0 N–H and O–H groups in total. The Balaban J connectivity index is 0.000000704. The van der Waals surface area contributed by atoms with Crippen LogP contribution in [-0.2, 0) is 0 Å². The highest BCUT2D eigenvalue weighted by Crippen LogP contribution is 2.31. The van der Waals surface area contributed by atoms with Gasteiger partial charge in [0.25, 0.3) is 0 Å². The van der Waals surface area contributed by atoms with Gasteiger partial charge in [0.2, 0.25) is 0 Å². The normalized spacial score (nSPS) is 9.50. The Morgan fingerprint density at radius 3 is 1.10 bits per heavy atom. The zero-order chi connectivity index (χ0) is 14.2. The molecule has 0 radical (unpaired) electrons. The van der Waals surface area contributed by atoms with Crippen LogP contribution in [0.2, 0.25) is 0 Å². The number of hydrogen-bond donors (Lipinski definition) is 0. The van der Waals surface area contributed by atoms with Crippen LogP contribution in [0.4, 0.5) is 0 Å². The van der Waals surface area contributed by atoms with Gasteiger partial charge in [0.15, 0.2) is 0 Å². The maximum atomic E-state index is 2.42. The van der Waals surface area contributed by atoms with Gasteiger partial charge in [0.05, 0.1) is 0 Å². The molecule has 1 unspecified atom stereocenters. The van der Waals surface area contributed by atoms with Crippen molar-refractivity contribution in [1.29, 1.82) is 0 Å². The van der Waals surface area contributed by atoms with Crippen molar-refractivity contribution >= 4 is 9.24 Å². The van der Waals surface area contributed by atoms with E-state index in [0.29, 0.717) is 0 Å². The van der Waals surface area contributed by atoms with Crippen LogP contribution in [0.5, 0.6) is 0 Å². The number of benzene rings is 3. The highest BCUT2D eigenvalue weighted by molar-refractivity contribution is 7.15. The van der Waals surface area contributed by atoms with Crippen LogP contribution in [0.25, 0.3) is 22.3 Å². The highest BCUT2D eigenvalue weighted by atomic mass is 31.0. The Morgan fingerprint density at radius 1 is 0.450 bits per heavy atom. The molecule has 20 heavy (non-hydrogen) atoms. The monoisotopic (exact) mass is 278 g/mol. The summed E-state index contributed by atoms with van der Waals surface area (Å²) in [5.74, 6) is 0. The largest absolute Gasteiger partial charge is 0.141 e. The van der Waals surface area contributed by atoms with Crippen LogP contribution in [0.15, 0.2) is 84.9 Å². The molecule has 0 amide bonds. The van der Waals surface area contributed by atoms with E-state index in [0.717, 1.165) is 0 Å². The third-order valence-corrected chi connectivity index (χ3v) is 3.10. The van der Waals surface area contributed by atoms with E-state index in [-0.39, 0.29) is 0 Å². The summed E-state index contributed by atoms with van der Waals surface area (Å²) in [6, 6.07) is 29.6. The van der Waals surface area contributed by atoms with Crippen molar-refractivity contribution in [3.8, 4) is 22.3 Å². The summed E-state index contributed by atoms with van der Waals surface area (Å²) in [5, 5.41) is 0. The van der Waals surface area contributed by atoms with Gasteiger partial charge in [-0.3, -0.25) is 0 Å². The highest BCUT2D eigenvalue weighted by Gasteiger charge is 2.05. The van der Waals surface area contributed by atoms with Crippen molar-refractivity contribution in [2.75, 3.05) is 6.66 Å². The van der Waals surface area contributed by atoms with E-state index < -0.39 is 0 Å². The van der Waals surface area contributed by atoms with Crippen LogP contribution in [0, 0.1) is 0 Å². The van der Waals surface area contributed by atoms with Gasteiger partial charge >= 0.3 is 0 Å². The molecule has 0 saturated carbocycles. The molecule has 0 bridgehead atoms. The standard InChI is InChI=1S/C18H14.CH5P/c1-3-9-15(10-4-1)17-13-7-8-14-18(17)16-11-5-2-6-12-16;1-2/h1-14H;2H2,1H3. The Bertz CT molecular complexity index is 572. The minimum atomic E-state index is 1.26. The summed E-state index contributed by atoms with van der Waals surface area (Å²) in [7, 11) is 2.42. The molecule has 0 fully saturated rings. The van der Waals surface area contributed by atoms with E-state index in [4.69, 9.17) is 0 Å². The molecule has 1 heteroatoms. The lowest BCUT2D eigenvalue weighted by Gasteiger charge is -2.09. The van der Waals surface area contributed by atoms with Crippen molar-refractivity contribution in [3.63, 3.8) is 0 Å². The minimum absolute atomic E-state index is 1.26. The predicted molar refractivity (Wildman–Crippen MR) is 92.9 cm³/mol. The van der Waals surface area contributed by atoms with Crippen molar-refractivity contribution in [2.24, 2.45) is 0 Å². The van der Waals surface area contributed by atoms with Gasteiger partial charge in [-0.1, -0.05) is 91.6 Å². The molecule has 0 saturated heterocycles. The fourth-order valence-corrected chi connectivity index (χ4v) is 2.22. The second kappa shape index (κ2) is 7.62. The maximum absolute atomic E-state index is 2.42. The summed E-state index contributed by atoms with van der Waals surface area (Å²) in [4.78, 5) is 0. The molecule has 0 spiro atoms. The van der Waals surface area contributed by atoms with Crippen LogP contribution < -0.4 is 0 Å². The molecule has 0 aliphatic rings. The molecule has 3 aromatic carbocycles. The molecular weight excluding hydrogens is 259 g/mol. The van der Waals surface area contributed by atoms with Gasteiger partial charge in [-0.25, -0.2) is 0 Å². The third kappa shape index (κ3) is 3.35. The Morgan fingerprint density at radius 2 is 0.750 bits per heavy atom. The Kier molecular flexibility index (Phi) is 5.53. The van der Waals surface area contributed by atoms with E-state index in [1.54, 1.807) is 0 Å². The first-order valence-electron chi connectivity index (χ1n) is 6.73. The topological polar surface area (TPSA) is 0 Å². The lowest BCUT2D eigenvalue weighted by atomic mass is 9.95. The summed E-state index contributed by atoms with van der Waals surface area (Å²) < 4.78 is 0. The van der Waals surface area contributed by atoms with Gasteiger partial charge in [0.1, 0.15) is 0 Å². The fourth-order valence-electron chi connectivity index (χ4n) is 2.22. The zero-order valence-electron chi connectivity index (χ0n) is 11.7. The molecule has 0 heterocycles. The first-order valence-corrected chi connectivity index (χ1v) is 7.88. The van der Waals surface area contributed by atoms with Crippen LogP contribution in [0.1, 0.15) is 0 Å². The van der Waals surface area contributed by atoms with E-state index in [9.17, 15) is 0 Å². The first-order chi connectivity index (χ1) is 9.95. The quantitative estimate of drug-likeness (QED) is 0.542. The van der Waals surface area contributed by atoms with Gasteiger partial charge in [-0.05, 0) is 22.3 Å². The molecule has 1 atom stereocenters. The summed E-state index contributed by atoms with van der Waals surface area (Å²) in [5.41, 5.74) is 5.09. The maximum Gasteiger partial charge on any atom is -0.0105 e. The summed E-state index contributed by atoms with van der Waals surface area (Å²) in [6.07, 6.45) is 0. The van der Waals surface area contributed by atoms with Crippen molar-refractivity contribution < 1.29 is 0 Å². The number of rotatable bonds is 2. The van der Waals surface area contributed by atoms with Gasteiger partial charge in [-0.15, -0.1) is 9.24 Å². The molecular formula is C19H19P. The Hall–Kier alpha value is -1.91. The number of hydrogen-bond acceptors (Lipinski definition) is 0. The molecule has 3 rings (SSSR count). The molecule has 0 nitrogen and oxygen atoms in total. The fraction of sp³-hybridized carbons (Fsp3) is 0.0526. The zero-order valence-corrected chi connectivity index (χ0v) is 12.8. The van der Waals surface area contributed by atoms with E-state index in [1.165, 1.54) is 22.3 Å². The van der Waals surface area contributed by atoms with Crippen LogP contribution in [0.3, 0.4) is 0 Å². The van der Waals surface area contributed by atoms with Gasteiger partial charge in [-0.2, -0.15) is 0 Å². The van der Waals surface area contributed by atoms with Gasteiger partial charge < -0.3 is 0 Å². The summed E-state index contributed by atoms with van der Waals surface area (Å²) in [6.45, 7) is 1.92. The average molecular weight is 278 g/mol. The third-order valence-electron chi connectivity index (χ3n) is 3.10. The first kappa shape index (κ1) is 14.5. The van der Waals surface area contributed by atoms with Crippen molar-refractivity contribution in [2.45, 2.75) is 0 Å². The SMILES string of the molecule is CP.c1ccc(-c2ccccc2-c2ccccc2)cc1. The second-order valence-electron chi connectivity index (χ2n) is 4.28. The predicted octanol–water partition coefficient (Wildman–Crippen LogP) is 5.51. The molecule has 3 aromatic rings. The van der Waals surface area contributed by atoms with Crippen LogP contribution >= 0.6 is 9.24 Å². The van der Waals surface area contributed by atoms with Crippen molar-refractivity contribution in [3.05, 3.63) is 84.9 Å². The van der Waals surface area contributed by atoms with E-state index in [1.807, 2.05) is 6.66 Å². The minimum Gasteiger partial charge on any atom is -0.141 e. The second-order valence-corrected chi connectivity index (χ2v) is 4.28. The van der Waals surface area contributed by atoms with Crippen molar-refractivity contribution in [1.82, 2.24) is 0 Å². The molecule has 100 valence electrons. The molecule has 0 aromatic heterocycles. The lowest BCUT2D eigenvalue weighted by molar-refractivity contribution is 1.58. The summed E-state index contributed by atoms with van der Waals surface area (Å²) >= 11 is 0.